The second-order valence-corrected chi connectivity index (χ2v) is 6.37. The first kappa shape index (κ1) is 16.5. The highest BCUT2D eigenvalue weighted by Crippen LogP contribution is 2.18. The molecule has 2 amide bonds. The van der Waals surface area contributed by atoms with Gasteiger partial charge in [0.1, 0.15) is 5.75 Å². The van der Waals surface area contributed by atoms with Gasteiger partial charge in [-0.05, 0) is 19.1 Å². The van der Waals surface area contributed by atoms with E-state index in [-0.39, 0.29) is 19.1 Å². The van der Waals surface area contributed by atoms with Gasteiger partial charge in [0.2, 0.25) is 0 Å². The van der Waals surface area contributed by atoms with Crippen molar-refractivity contribution >= 4 is 21.9 Å². The molecule has 9 heteroatoms. The molecule has 1 aliphatic heterocycles. The summed E-state index contributed by atoms with van der Waals surface area (Å²) >= 11 is 0. The van der Waals surface area contributed by atoms with Crippen LogP contribution in [0, 0.1) is 0 Å². The normalized spacial score (nSPS) is 16.4. The maximum atomic E-state index is 12.2. The van der Waals surface area contributed by atoms with Gasteiger partial charge in [-0.2, -0.15) is 12.7 Å². The molecular formula is C13H20N4O4S. The van der Waals surface area contributed by atoms with Gasteiger partial charge in [-0.3, -0.25) is 0 Å². The van der Waals surface area contributed by atoms with Gasteiger partial charge in [0, 0.05) is 37.9 Å². The molecule has 1 aromatic rings. The number of piperazine rings is 1. The van der Waals surface area contributed by atoms with Crippen LogP contribution in [0.25, 0.3) is 0 Å². The third-order valence-electron chi connectivity index (χ3n) is 3.28. The van der Waals surface area contributed by atoms with Gasteiger partial charge in [-0.15, -0.1) is 0 Å². The molecule has 2 rings (SSSR count). The Kier molecular flexibility index (Phi) is 5.22. The minimum Gasteiger partial charge on any atom is -0.494 e. The van der Waals surface area contributed by atoms with Crippen molar-refractivity contribution in [1.82, 2.24) is 9.21 Å². The molecule has 8 nitrogen and oxygen atoms in total. The van der Waals surface area contributed by atoms with E-state index >= 15 is 0 Å². The number of hydrogen-bond donors (Lipinski definition) is 2. The van der Waals surface area contributed by atoms with E-state index in [0.29, 0.717) is 31.1 Å². The van der Waals surface area contributed by atoms with E-state index in [9.17, 15) is 13.2 Å². The molecule has 3 N–H and O–H groups in total. The summed E-state index contributed by atoms with van der Waals surface area (Å²) in [6, 6.07) is 6.83. The van der Waals surface area contributed by atoms with E-state index in [2.05, 4.69) is 5.32 Å². The van der Waals surface area contributed by atoms with Crippen LogP contribution in [0.2, 0.25) is 0 Å². The highest BCUT2D eigenvalue weighted by atomic mass is 32.2. The van der Waals surface area contributed by atoms with E-state index in [1.807, 2.05) is 13.0 Å². The van der Waals surface area contributed by atoms with E-state index in [1.54, 1.807) is 23.1 Å². The Bertz CT molecular complexity index is 627. The fraction of sp³-hybridized carbons (Fsp3) is 0.462. The third kappa shape index (κ3) is 4.33. The summed E-state index contributed by atoms with van der Waals surface area (Å²) in [7, 11) is -3.69. The third-order valence-corrected chi connectivity index (χ3v) is 4.37. The largest absolute Gasteiger partial charge is 0.494 e. The Morgan fingerprint density at radius 1 is 1.32 bits per heavy atom. The van der Waals surface area contributed by atoms with Crippen molar-refractivity contribution < 1.29 is 17.9 Å². The number of nitrogens with one attached hydrogen (secondary N) is 1. The van der Waals surface area contributed by atoms with E-state index in [0.717, 1.165) is 4.31 Å². The quantitative estimate of drug-likeness (QED) is 0.836. The summed E-state index contributed by atoms with van der Waals surface area (Å²) in [6.07, 6.45) is 0. The zero-order valence-electron chi connectivity index (χ0n) is 12.4. The van der Waals surface area contributed by atoms with Gasteiger partial charge in [0.05, 0.1) is 6.61 Å². The number of nitrogens with two attached hydrogens (primary N) is 1. The molecule has 0 bridgehead atoms. The van der Waals surface area contributed by atoms with Crippen LogP contribution in [-0.4, -0.2) is 56.4 Å². The SMILES string of the molecule is CCOc1cccc(NC(=O)N2CCN(S(N)(=O)=O)CC2)c1. The maximum Gasteiger partial charge on any atom is 0.321 e. The van der Waals surface area contributed by atoms with Crippen molar-refractivity contribution in [2.24, 2.45) is 5.14 Å². The van der Waals surface area contributed by atoms with Crippen molar-refractivity contribution in [3.63, 3.8) is 0 Å². The number of urea groups is 1. The van der Waals surface area contributed by atoms with Crippen molar-refractivity contribution in [3.8, 4) is 5.75 Å². The Morgan fingerprint density at radius 2 is 2.00 bits per heavy atom. The van der Waals surface area contributed by atoms with Crippen LogP contribution < -0.4 is 15.2 Å². The number of rotatable bonds is 4. The number of amides is 2. The number of carbonyl (C=O) groups is 1. The molecule has 1 aliphatic rings. The zero-order chi connectivity index (χ0) is 16.2. The van der Waals surface area contributed by atoms with Crippen LogP contribution >= 0.6 is 0 Å². The van der Waals surface area contributed by atoms with Gasteiger partial charge in [0.25, 0.3) is 10.2 Å². The topological polar surface area (TPSA) is 105 Å². The van der Waals surface area contributed by atoms with Gasteiger partial charge >= 0.3 is 6.03 Å². The van der Waals surface area contributed by atoms with Crippen molar-refractivity contribution in [3.05, 3.63) is 24.3 Å². The lowest BCUT2D eigenvalue weighted by Gasteiger charge is -2.32. The monoisotopic (exact) mass is 328 g/mol. The predicted molar refractivity (Wildman–Crippen MR) is 82.9 cm³/mol. The molecule has 1 saturated heterocycles. The number of benzene rings is 1. The second-order valence-electron chi connectivity index (χ2n) is 4.82. The lowest BCUT2D eigenvalue weighted by atomic mass is 10.3. The summed E-state index contributed by atoms with van der Waals surface area (Å²) in [5.41, 5.74) is 0.629. The number of ether oxygens (including phenoxy) is 1. The van der Waals surface area contributed by atoms with E-state index in [1.165, 1.54) is 0 Å². The maximum absolute atomic E-state index is 12.2. The summed E-state index contributed by atoms with van der Waals surface area (Å²) < 4.78 is 29.0. The first-order chi connectivity index (χ1) is 10.4. The van der Waals surface area contributed by atoms with Crippen molar-refractivity contribution in [2.45, 2.75) is 6.92 Å². The molecule has 0 spiro atoms. The van der Waals surface area contributed by atoms with Crippen LogP contribution in [0.5, 0.6) is 5.75 Å². The fourth-order valence-electron chi connectivity index (χ4n) is 2.18. The fourth-order valence-corrected chi connectivity index (χ4v) is 2.85. The summed E-state index contributed by atoms with van der Waals surface area (Å²) in [5, 5.41) is 7.84. The minimum absolute atomic E-state index is 0.200. The van der Waals surface area contributed by atoms with Crippen LogP contribution in [0.15, 0.2) is 24.3 Å². The number of carbonyl (C=O) groups excluding carboxylic acids is 1. The molecule has 22 heavy (non-hydrogen) atoms. The zero-order valence-corrected chi connectivity index (χ0v) is 13.2. The Hall–Kier alpha value is -1.84. The minimum atomic E-state index is -3.69. The molecule has 0 aromatic heterocycles. The van der Waals surface area contributed by atoms with Crippen LogP contribution in [0.3, 0.4) is 0 Å². The van der Waals surface area contributed by atoms with Gasteiger partial charge in [-0.1, -0.05) is 6.07 Å². The average Bonchev–Trinajstić information content (AvgIpc) is 2.47. The summed E-state index contributed by atoms with van der Waals surface area (Å²) in [4.78, 5) is 13.7. The van der Waals surface area contributed by atoms with Crippen molar-refractivity contribution in [1.29, 1.82) is 0 Å². The molecule has 1 heterocycles. The summed E-state index contributed by atoms with van der Waals surface area (Å²) in [6.45, 7) is 3.43. The van der Waals surface area contributed by atoms with E-state index < -0.39 is 10.2 Å². The van der Waals surface area contributed by atoms with Gasteiger partial charge in [-0.25, -0.2) is 9.93 Å². The smallest absolute Gasteiger partial charge is 0.321 e. The summed E-state index contributed by atoms with van der Waals surface area (Å²) in [5.74, 6) is 0.680. The lowest BCUT2D eigenvalue weighted by molar-refractivity contribution is 0.184. The van der Waals surface area contributed by atoms with Crippen LogP contribution in [0.1, 0.15) is 6.92 Å². The molecule has 0 unspecified atom stereocenters. The molecule has 0 radical (unpaired) electrons. The Labute approximate surface area is 130 Å². The standard InChI is InChI=1S/C13H20N4O4S/c1-2-21-12-5-3-4-11(10-12)15-13(18)16-6-8-17(9-7-16)22(14,19)20/h3-5,10H,2,6-9H2,1H3,(H,15,18)(H2,14,19,20). The number of hydrogen-bond acceptors (Lipinski definition) is 4. The molecule has 122 valence electrons. The Balaban J connectivity index is 1.92. The van der Waals surface area contributed by atoms with Gasteiger partial charge < -0.3 is 15.0 Å². The number of nitrogens with zero attached hydrogens (tertiary/aromatic N) is 2. The number of anilines is 1. The first-order valence-corrected chi connectivity index (χ1v) is 8.47. The molecule has 0 aliphatic carbocycles. The second kappa shape index (κ2) is 6.95. The molecule has 0 saturated carbocycles. The molecular weight excluding hydrogens is 308 g/mol. The van der Waals surface area contributed by atoms with E-state index in [4.69, 9.17) is 9.88 Å². The van der Waals surface area contributed by atoms with Crippen molar-refractivity contribution in [2.75, 3.05) is 38.1 Å². The Morgan fingerprint density at radius 3 is 2.59 bits per heavy atom. The molecule has 1 fully saturated rings. The lowest BCUT2D eigenvalue weighted by Crippen LogP contribution is -2.53. The van der Waals surface area contributed by atoms with Crippen LogP contribution in [0.4, 0.5) is 10.5 Å². The highest BCUT2D eigenvalue weighted by molar-refractivity contribution is 7.86. The molecule has 0 atom stereocenters. The first-order valence-electron chi connectivity index (χ1n) is 6.97. The van der Waals surface area contributed by atoms with Gasteiger partial charge in [0.15, 0.2) is 0 Å². The highest BCUT2D eigenvalue weighted by Gasteiger charge is 2.26. The van der Waals surface area contributed by atoms with Crippen LogP contribution in [-0.2, 0) is 10.2 Å². The molecule has 1 aromatic carbocycles. The predicted octanol–water partition coefficient (Wildman–Crippen LogP) is 0.438. The average molecular weight is 328 g/mol.